The minimum atomic E-state index is 0.249. The van der Waals surface area contributed by atoms with Crippen LogP contribution in [-0.4, -0.2) is 30.5 Å². The minimum absolute atomic E-state index is 0.249. The number of rotatable bonds is 9. The van der Waals surface area contributed by atoms with Gasteiger partial charge in [0.25, 0.3) is 0 Å². The fourth-order valence-corrected chi connectivity index (χ4v) is 1.56. The summed E-state index contributed by atoms with van der Waals surface area (Å²) in [5.41, 5.74) is 0.943. The maximum Gasteiger partial charge on any atom is 0.162 e. The highest BCUT2D eigenvalue weighted by Gasteiger charge is 2.20. The zero-order chi connectivity index (χ0) is 12.8. The van der Waals surface area contributed by atoms with Gasteiger partial charge in [-0.15, -0.1) is 0 Å². The van der Waals surface area contributed by atoms with Crippen LogP contribution in [0.2, 0.25) is 0 Å². The highest BCUT2D eigenvalue weighted by molar-refractivity contribution is 5.04. The predicted octanol–water partition coefficient (Wildman–Crippen LogP) is 1.87. The number of hydrogen-bond donors (Lipinski definition) is 1. The first-order chi connectivity index (χ1) is 8.74. The molecule has 0 bridgehead atoms. The smallest absolute Gasteiger partial charge is 0.162 e. The lowest BCUT2D eigenvalue weighted by molar-refractivity contribution is 0.00926. The van der Waals surface area contributed by atoms with Crippen molar-refractivity contribution in [3.05, 3.63) is 17.5 Å². The molecule has 1 aliphatic rings. The molecular formula is C13H22N2O3. The molecule has 1 N–H and O–H groups in total. The van der Waals surface area contributed by atoms with Gasteiger partial charge in [0, 0.05) is 18.7 Å². The van der Waals surface area contributed by atoms with Gasteiger partial charge >= 0.3 is 0 Å². The summed E-state index contributed by atoms with van der Waals surface area (Å²) in [7, 11) is 0. The Hall–Kier alpha value is -0.910. The first-order valence-corrected chi connectivity index (χ1v) is 6.61. The van der Waals surface area contributed by atoms with Crippen LogP contribution >= 0.6 is 0 Å². The lowest BCUT2D eigenvalue weighted by Crippen LogP contribution is -2.15. The molecule has 1 heterocycles. The van der Waals surface area contributed by atoms with Crippen LogP contribution in [0, 0.1) is 0 Å². The van der Waals surface area contributed by atoms with Gasteiger partial charge in [0.1, 0.15) is 6.61 Å². The first-order valence-electron chi connectivity index (χ1n) is 6.61. The molecule has 0 spiro atoms. The Balaban J connectivity index is 1.57. The van der Waals surface area contributed by atoms with E-state index in [1.54, 1.807) is 0 Å². The van der Waals surface area contributed by atoms with E-state index in [0.29, 0.717) is 25.9 Å². The molecule has 0 saturated heterocycles. The van der Waals surface area contributed by atoms with Crippen LogP contribution in [0.1, 0.15) is 38.1 Å². The number of aromatic nitrogens is 1. The third-order valence-electron chi connectivity index (χ3n) is 2.68. The fourth-order valence-electron chi connectivity index (χ4n) is 1.56. The molecule has 1 aromatic heterocycles. The molecule has 5 heteroatoms. The fraction of sp³-hybridized carbons (Fsp3) is 0.769. The molecule has 0 radical (unpaired) electrons. The van der Waals surface area contributed by atoms with Gasteiger partial charge in [0.15, 0.2) is 5.76 Å². The SMILES string of the molecule is CC(C)OCCOCc1cc(CNC2CC2)no1. The van der Waals surface area contributed by atoms with Crippen LogP contribution in [0.5, 0.6) is 0 Å². The van der Waals surface area contributed by atoms with E-state index in [1.807, 2.05) is 19.9 Å². The number of ether oxygens (including phenoxy) is 2. The summed E-state index contributed by atoms with van der Waals surface area (Å²) in [6.45, 7) is 6.45. The van der Waals surface area contributed by atoms with Gasteiger partial charge in [-0.25, -0.2) is 0 Å². The second-order valence-electron chi connectivity index (χ2n) is 4.91. The molecule has 0 aromatic carbocycles. The molecule has 2 rings (SSSR count). The molecule has 0 unspecified atom stereocenters. The van der Waals surface area contributed by atoms with Crippen LogP contribution in [0.25, 0.3) is 0 Å². The quantitative estimate of drug-likeness (QED) is 0.682. The Kier molecular flexibility index (Phi) is 5.16. The van der Waals surface area contributed by atoms with Crippen LogP contribution in [0.4, 0.5) is 0 Å². The zero-order valence-corrected chi connectivity index (χ0v) is 11.1. The zero-order valence-electron chi connectivity index (χ0n) is 11.1. The highest BCUT2D eigenvalue weighted by atomic mass is 16.5. The largest absolute Gasteiger partial charge is 0.376 e. The summed E-state index contributed by atoms with van der Waals surface area (Å²) < 4.78 is 16.0. The van der Waals surface area contributed by atoms with Gasteiger partial charge in [0.05, 0.1) is 25.0 Å². The van der Waals surface area contributed by atoms with Crippen molar-refractivity contribution >= 4 is 0 Å². The van der Waals surface area contributed by atoms with Crippen LogP contribution < -0.4 is 5.32 Å². The molecule has 1 aliphatic carbocycles. The van der Waals surface area contributed by atoms with E-state index >= 15 is 0 Å². The van der Waals surface area contributed by atoms with Gasteiger partial charge in [-0.3, -0.25) is 0 Å². The molecule has 1 aromatic rings. The van der Waals surface area contributed by atoms with Gasteiger partial charge < -0.3 is 19.3 Å². The molecule has 5 nitrogen and oxygen atoms in total. The maximum atomic E-state index is 5.44. The third-order valence-corrected chi connectivity index (χ3v) is 2.68. The summed E-state index contributed by atoms with van der Waals surface area (Å²) in [5.74, 6) is 0.771. The normalized spacial score (nSPS) is 15.5. The summed E-state index contributed by atoms with van der Waals surface area (Å²) in [4.78, 5) is 0. The summed E-state index contributed by atoms with van der Waals surface area (Å²) in [5, 5.41) is 7.39. The number of hydrogen-bond acceptors (Lipinski definition) is 5. The first kappa shape index (κ1) is 13.5. The van der Waals surface area contributed by atoms with Crippen LogP contribution in [0.3, 0.4) is 0 Å². The average molecular weight is 254 g/mol. The number of nitrogens with zero attached hydrogens (tertiary/aromatic N) is 1. The van der Waals surface area contributed by atoms with E-state index in [9.17, 15) is 0 Å². The van der Waals surface area contributed by atoms with Crippen molar-refractivity contribution in [2.75, 3.05) is 13.2 Å². The van der Waals surface area contributed by atoms with E-state index in [2.05, 4.69) is 10.5 Å². The molecule has 18 heavy (non-hydrogen) atoms. The Morgan fingerprint density at radius 2 is 2.28 bits per heavy atom. The van der Waals surface area contributed by atoms with Gasteiger partial charge in [0.2, 0.25) is 0 Å². The van der Waals surface area contributed by atoms with Crippen molar-refractivity contribution in [2.45, 2.75) is 52.0 Å². The predicted molar refractivity (Wildman–Crippen MR) is 67.1 cm³/mol. The van der Waals surface area contributed by atoms with Crippen LogP contribution in [0.15, 0.2) is 10.6 Å². The highest BCUT2D eigenvalue weighted by Crippen LogP contribution is 2.19. The second-order valence-corrected chi connectivity index (χ2v) is 4.91. The van der Waals surface area contributed by atoms with E-state index in [1.165, 1.54) is 12.8 Å². The van der Waals surface area contributed by atoms with Crippen molar-refractivity contribution < 1.29 is 14.0 Å². The topological polar surface area (TPSA) is 56.5 Å². The Labute approximate surface area is 108 Å². The lowest BCUT2D eigenvalue weighted by atomic mass is 10.3. The molecular weight excluding hydrogens is 232 g/mol. The maximum absolute atomic E-state index is 5.44. The van der Waals surface area contributed by atoms with Gasteiger partial charge in [-0.1, -0.05) is 5.16 Å². The van der Waals surface area contributed by atoms with E-state index < -0.39 is 0 Å². The van der Waals surface area contributed by atoms with Crippen molar-refractivity contribution in [2.24, 2.45) is 0 Å². The third kappa shape index (κ3) is 5.16. The van der Waals surface area contributed by atoms with E-state index in [-0.39, 0.29) is 6.10 Å². The summed E-state index contributed by atoms with van der Waals surface area (Å²) >= 11 is 0. The molecule has 0 aliphatic heterocycles. The minimum Gasteiger partial charge on any atom is -0.376 e. The number of nitrogens with one attached hydrogen (secondary N) is 1. The monoisotopic (exact) mass is 254 g/mol. The summed E-state index contributed by atoms with van der Waals surface area (Å²) in [6, 6.07) is 2.63. The van der Waals surface area contributed by atoms with Gasteiger partial charge in [-0.05, 0) is 26.7 Å². The van der Waals surface area contributed by atoms with Crippen molar-refractivity contribution in [3.63, 3.8) is 0 Å². The van der Waals surface area contributed by atoms with E-state index in [4.69, 9.17) is 14.0 Å². The molecule has 1 fully saturated rings. The van der Waals surface area contributed by atoms with Crippen LogP contribution in [-0.2, 0) is 22.6 Å². The molecule has 1 saturated carbocycles. The van der Waals surface area contributed by atoms with Gasteiger partial charge in [-0.2, -0.15) is 0 Å². The standard InChI is InChI=1S/C13H22N2O3/c1-10(2)17-6-5-16-9-13-7-12(15-18-13)8-14-11-3-4-11/h7,10-11,14H,3-6,8-9H2,1-2H3. The Bertz CT molecular complexity index is 348. The molecule has 102 valence electrons. The lowest BCUT2D eigenvalue weighted by Gasteiger charge is -2.06. The average Bonchev–Trinajstić information content (AvgIpc) is 3.06. The van der Waals surface area contributed by atoms with Crippen molar-refractivity contribution in [3.8, 4) is 0 Å². The van der Waals surface area contributed by atoms with E-state index in [0.717, 1.165) is 18.0 Å². The second kappa shape index (κ2) is 6.87. The van der Waals surface area contributed by atoms with Crippen molar-refractivity contribution in [1.29, 1.82) is 0 Å². The Morgan fingerprint density at radius 3 is 3.00 bits per heavy atom. The summed E-state index contributed by atoms with van der Waals surface area (Å²) in [6.07, 6.45) is 2.81. The molecule has 0 amide bonds. The van der Waals surface area contributed by atoms with Crippen molar-refractivity contribution in [1.82, 2.24) is 10.5 Å². The Morgan fingerprint density at radius 1 is 1.44 bits per heavy atom. The molecule has 0 atom stereocenters.